The molecule has 10 nitrogen and oxygen atoms in total. The molecule has 0 saturated carbocycles. The van der Waals surface area contributed by atoms with Crippen LogP contribution in [-0.4, -0.2) is 98.3 Å². The molecule has 3 aliphatic rings. The van der Waals surface area contributed by atoms with Crippen molar-refractivity contribution in [1.82, 2.24) is 34.4 Å². The molecule has 0 atom stereocenters. The highest BCUT2D eigenvalue weighted by atomic mass is 16.5. The Morgan fingerprint density at radius 3 is 2.50 bits per heavy atom. The molecule has 222 valence electrons. The van der Waals surface area contributed by atoms with Gasteiger partial charge in [0.2, 0.25) is 5.91 Å². The van der Waals surface area contributed by atoms with Gasteiger partial charge in [0, 0.05) is 74.0 Å². The zero-order valence-electron chi connectivity index (χ0n) is 25.7. The standard InChI is InChI=1S/C32H42N8O2/c1-20(2)27-28(23-14-40-30(33-19-34-40)22(4)21(23)3)35-24-7-8-25(36-29(24)27)37-9-11-38(12-10-37)26(41)13-31(5,6)39-15-32(16-39)17-42-18-32/h7-8,14,19-20,35H,9-13,15-18H2,1-6H3. The minimum Gasteiger partial charge on any atom is -0.380 e. The molecule has 0 unspecified atom stereocenters. The molecule has 4 aromatic heterocycles. The van der Waals surface area contributed by atoms with Crippen molar-refractivity contribution in [2.24, 2.45) is 5.41 Å². The van der Waals surface area contributed by atoms with Gasteiger partial charge in [-0.15, -0.1) is 0 Å². The van der Waals surface area contributed by atoms with Crippen molar-refractivity contribution in [3.63, 3.8) is 0 Å². The van der Waals surface area contributed by atoms with Crippen LogP contribution in [0.1, 0.15) is 56.7 Å². The van der Waals surface area contributed by atoms with Crippen molar-refractivity contribution in [3.05, 3.63) is 41.3 Å². The molecule has 3 aliphatic heterocycles. The van der Waals surface area contributed by atoms with Gasteiger partial charge in [-0.2, -0.15) is 5.10 Å². The Bertz CT molecular complexity index is 1660. The Morgan fingerprint density at radius 2 is 1.83 bits per heavy atom. The predicted molar refractivity (Wildman–Crippen MR) is 164 cm³/mol. The number of piperazine rings is 1. The van der Waals surface area contributed by atoms with Crippen LogP contribution in [0.5, 0.6) is 0 Å². The minimum absolute atomic E-state index is 0.129. The molecule has 0 aromatic carbocycles. The number of carbonyl (C=O) groups is 1. The summed E-state index contributed by atoms with van der Waals surface area (Å²) in [5.74, 6) is 1.50. The van der Waals surface area contributed by atoms with Gasteiger partial charge in [-0.1, -0.05) is 13.8 Å². The first-order chi connectivity index (χ1) is 20.1. The van der Waals surface area contributed by atoms with Crippen LogP contribution >= 0.6 is 0 Å². The number of nitrogens with zero attached hydrogens (tertiary/aromatic N) is 7. The first kappa shape index (κ1) is 27.3. The number of amides is 1. The lowest BCUT2D eigenvalue weighted by Crippen LogP contribution is -2.70. The topological polar surface area (TPSA) is 94.9 Å². The van der Waals surface area contributed by atoms with E-state index in [1.807, 2.05) is 9.42 Å². The molecule has 42 heavy (non-hydrogen) atoms. The van der Waals surface area contributed by atoms with Crippen LogP contribution in [-0.2, 0) is 9.53 Å². The highest BCUT2D eigenvalue weighted by Crippen LogP contribution is 2.42. The summed E-state index contributed by atoms with van der Waals surface area (Å²) in [4.78, 5) is 33.5. The first-order valence-electron chi connectivity index (χ1n) is 15.2. The quantitative estimate of drug-likeness (QED) is 0.372. The number of likely N-dealkylation sites (tertiary alicyclic amines) is 1. The summed E-state index contributed by atoms with van der Waals surface area (Å²) in [5, 5.41) is 4.41. The molecule has 4 aromatic rings. The van der Waals surface area contributed by atoms with E-state index in [0.29, 0.717) is 11.8 Å². The van der Waals surface area contributed by atoms with Crippen molar-refractivity contribution in [3.8, 4) is 11.3 Å². The summed E-state index contributed by atoms with van der Waals surface area (Å²) in [5.41, 5.74) is 8.92. The fourth-order valence-electron chi connectivity index (χ4n) is 7.02. The first-order valence-corrected chi connectivity index (χ1v) is 15.2. The highest BCUT2D eigenvalue weighted by Gasteiger charge is 2.53. The Labute approximate surface area is 247 Å². The number of aromatic nitrogens is 5. The number of carbonyl (C=O) groups excluding carboxylic acids is 1. The fourth-order valence-corrected chi connectivity index (χ4v) is 7.02. The Balaban J connectivity index is 1.08. The van der Waals surface area contributed by atoms with Crippen LogP contribution in [0, 0.1) is 19.3 Å². The van der Waals surface area contributed by atoms with Gasteiger partial charge in [0.25, 0.3) is 0 Å². The number of aryl methyl sites for hydroxylation is 1. The third-order valence-corrected chi connectivity index (χ3v) is 9.90. The lowest BCUT2D eigenvalue weighted by molar-refractivity contribution is -0.210. The third kappa shape index (κ3) is 4.38. The zero-order valence-corrected chi connectivity index (χ0v) is 25.7. The highest BCUT2D eigenvalue weighted by molar-refractivity contribution is 5.90. The lowest BCUT2D eigenvalue weighted by atomic mass is 9.74. The largest absolute Gasteiger partial charge is 0.380 e. The number of fused-ring (bicyclic) bond motifs is 2. The van der Waals surface area contributed by atoms with Gasteiger partial charge in [0.1, 0.15) is 12.1 Å². The fraction of sp³-hybridized carbons (Fsp3) is 0.562. The SMILES string of the molecule is Cc1c(-c2[nH]c3ccc(N4CCN(C(=O)CC(C)(C)N5CC6(COC6)C5)CC4)nc3c2C(C)C)cn2ncnc2c1C. The Hall–Kier alpha value is -3.50. The summed E-state index contributed by atoms with van der Waals surface area (Å²) in [7, 11) is 0. The van der Waals surface area contributed by atoms with E-state index in [-0.39, 0.29) is 17.4 Å². The number of hydrogen-bond donors (Lipinski definition) is 1. The van der Waals surface area contributed by atoms with Crippen molar-refractivity contribution in [2.45, 2.75) is 59.4 Å². The van der Waals surface area contributed by atoms with Crippen LogP contribution in [0.15, 0.2) is 24.7 Å². The van der Waals surface area contributed by atoms with E-state index in [4.69, 9.17) is 9.72 Å². The second-order valence-corrected chi connectivity index (χ2v) is 13.7. The van der Waals surface area contributed by atoms with E-state index in [1.165, 1.54) is 11.1 Å². The smallest absolute Gasteiger partial charge is 0.224 e. The third-order valence-electron chi connectivity index (χ3n) is 9.90. The van der Waals surface area contributed by atoms with Gasteiger partial charge in [-0.05, 0) is 56.9 Å². The molecular formula is C32H42N8O2. The summed E-state index contributed by atoms with van der Waals surface area (Å²) in [6.07, 6.45) is 4.23. The maximum absolute atomic E-state index is 13.3. The van der Waals surface area contributed by atoms with Crippen LogP contribution in [0.3, 0.4) is 0 Å². The van der Waals surface area contributed by atoms with Crippen LogP contribution in [0.25, 0.3) is 27.9 Å². The monoisotopic (exact) mass is 570 g/mol. The molecule has 3 fully saturated rings. The predicted octanol–water partition coefficient (Wildman–Crippen LogP) is 4.16. The van der Waals surface area contributed by atoms with Gasteiger partial charge in [0.05, 0.1) is 29.9 Å². The number of H-pyrrole nitrogens is 1. The molecular weight excluding hydrogens is 528 g/mol. The van der Waals surface area contributed by atoms with Gasteiger partial charge in [-0.25, -0.2) is 14.5 Å². The Kier molecular flexibility index (Phi) is 6.36. The maximum Gasteiger partial charge on any atom is 0.224 e. The number of anilines is 1. The van der Waals surface area contributed by atoms with Gasteiger partial charge < -0.3 is 19.5 Å². The van der Waals surface area contributed by atoms with Gasteiger partial charge in [-0.3, -0.25) is 9.69 Å². The van der Waals surface area contributed by atoms with Gasteiger partial charge >= 0.3 is 0 Å². The molecule has 3 saturated heterocycles. The van der Waals surface area contributed by atoms with Crippen molar-refractivity contribution < 1.29 is 9.53 Å². The number of ether oxygens (including phenoxy) is 1. The average Bonchev–Trinajstić information content (AvgIpc) is 3.53. The second kappa shape index (κ2) is 9.77. The van der Waals surface area contributed by atoms with Crippen molar-refractivity contribution in [1.29, 1.82) is 0 Å². The number of nitrogens with one attached hydrogen (secondary N) is 1. The minimum atomic E-state index is -0.129. The van der Waals surface area contributed by atoms with E-state index < -0.39 is 0 Å². The summed E-state index contributed by atoms with van der Waals surface area (Å²) in [6, 6.07) is 4.26. The average molecular weight is 571 g/mol. The van der Waals surface area contributed by atoms with E-state index in [0.717, 1.165) is 91.8 Å². The second-order valence-electron chi connectivity index (χ2n) is 13.7. The van der Waals surface area contributed by atoms with E-state index >= 15 is 0 Å². The molecule has 7 rings (SSSR count). The summed E-state index contributed by atoms with van der Waals surface area (Å²) in [6.45, 7) is 20.0. The van der Waals surface area contributed by atoms with Crippen molar-refractivity contribution >= 4 is 28.4 Å². The van der Waals surface area contributed by atoms with Gasteiger partial charge in [0.15, 0.2) is 5.65 Å². The molecule has 0 bridgehead atoms. The van der Waals surface area contributed by atoms with Crippen LogP contribution in [0.4, 0.5) is 5.82 Å². The number of rotatable bonds is 6. The molecule has 0 radical (unpaired) electrons. The zero-order chi connectivity index (χ0) is 29.4. The van der Waals surface area contributed by atoms with Crippen molar-refractivity contribution in [2.75, 3.05) is 57.4 Å². The molecule has 10 heteroatoms. The van der Waals surface area contributed by atoms with E-state index in [2.05, 4.69) is 84.7 Å². The number of hydrogen-bond acceptors (Lipinski definition) is 7. The van der Waals surface area contributed by atoms with E-state index in [1.54, 1.807) is 6.33 Å². The number of aromatic amines is 1. The Morgan fingerprint density at radius 1 is 1.10 bits per heavy atom. The molecule has 0 aliphatic carbocycles. The summed E-state index contributed by atoms with van der Waals surface area (Å²) < 4.78 is 7.29. The number of pyridine rings is 2. The van der Waals surface area contributed by atoms with Crippen LogP contribution in [0.2, 0.25) is 0 Å². The van der Waals surface area contributed by atoms with Crippen LogP contribution < -0.4 is 4.90 Å². The summed E-state index contributed by atoms with van der Waals surface area (Å²) >= 11 is 0. The molecule has 1 amide bonds. The van der Waals surface area contributed by atoms with E-state index in [9.17, 15) is 4.79 Å². The molecule has 7 heterocycles. The maximum atomic E-state index is 13.3. The lowest BCUT2D eigenvalue weighted by Gasteiger charge is -2.60. The normalized spacial score (nSPS) is 19.2. The molecule has 1 spiro atoms. The molecule has 1 N–H and O–H groups in total.